The average Bonchev–Trinajstić information content (AvgIpc) is 2.98. The highest BCUT2D eigenvalue weighted by Gasteiger charge is 2.23. The molecule has 0 saturated heterocycles. The van der Waals surface area contributed by atoms with Crippen molar-refractivity contribution in [2.45, 2.75) is 137 Å². The summed E-state index contributed by atoms with van der Waals surface area (Å²) in [5.74, 6) is -1.62. The van der Waals surface area contributed by atoms with Gasteiger partial charge < -0.3 is 23.9 Å². The van der Waals surface area contributed by atoms with E-state index in [-0.39, 0.29) is 29.1 Å². The standard InChI is InChI=1S/C35H54N4O7/c1-7-10-12-14-16-18-20-38-22-26(30(40)29(25-38)37-34(44)46-35(4,5)6)32(42)36-28-24-39(21-19-17-15-13-11-8-2)23-27(31(28)41)33(43)45-9-3/h22-25H,7-21H2,1-6H3,(H,36,42)(H,37,44). The first-order valence-corrected chi connectivity index (χ1v) is 16.9. The molecular weight excluding hydrogens is 588 g/mol. The SMILES string of the molecule is CCCCCCCCn1cc(NC(=O)OC(C)(C)C)c(=O)c(C(=O)Nc2cn(CCCCCCCC)cc(C(=O)OCC)c2=O)c1. The molecule has 2 heterocycles. The van der Waals surface area contributed by atoms with Gasteiger partial charge in [-0.05, 0) is 40.5 Å². The molecule has 0 aliphatic rings. The van der Waals surface area contributed by atoms with E-state index in [1.54, 1.807) is 36.8 Å². The number of nitrogens with zero attached hydrogens (tertiary/aromatic N) is 2. The lowest BCUT2D eigenvalue weighted by Crippen LogP contribution is -2.32. The zero-order chi connectivity index (χ0) is 34.1. The minimum absolute atomic E-state index is 0.0852. The molecule has 0 fully saturated rings. The Bertz CT molecular complexity index is 1410. The number of esters is 1. The molecule has 0 spiro atoms. The number of anilines is 2. The second-order valence-electron chi connectivity index (χ2n) is 12.6. The number of rotatable bonds is 19. The van der Waals surface area contributed by atoms with Crippen LogP contribution in [0.5, 0.6) is 0 Å². The smallest absolute Gasteiger partial charge is 0.412 e. The number of pyridine rings is 2. The van der Waals surface area contributed by atoms with Crippen LogP contribution in [0.1, 0.15) is 139 Å². The van der Waals surface area contributed by atoms with Crippen LogP contribution in [-0.2, 0) is 22.6 Å². The van der Waals surface area contributed by atoms with Gasteiger partial charge in [-0.25, -0.2) is 9.59 Å². The van der Waals surface area contributed by atoms with Gasteiger partial charge >= 0.3 is 12.1 Å². The molecule has 2 amide bonds. The van der Waals surface area contributed by atoms with E-state index in [1.165, 1.54) is 37.6 Å². The maximum atomic E-state index is 13.6. The van der Waals surface area contributed by atoms with E-state index >= 15 is 0 Å². The van der Waals surface area contributed by atoms with Crippen LogP contribution >= 0.6 is 0 Å². The summed E-state index contributed by atoms with van der Waals surface area (Å²) >= 11 is 0. The zero-order valence-electron chi connectivity index (χ0n) is 28.7. The van der Waals surface area contributed by atoms with Gasteiger partial charge in [-0.3, -0.25) is 19.7 Å². The Morgan fingerprint density at radius 1 is 0.652 bits per heavy atom. The van der Waals surface area contributed by atoms with Crippen LogP contribution in [0, 0.1) is 0 Å². The minimum atomic E-state index is -0.834. The van der Waals surface area contributed by atoms with Crippen molar-refractivity contribution >= 4 is 29.3 Å². The second kappa shape index (κ2) is 19.6. The molecule has 0 aliphatic heterocycles. The maximum Gasteiger partial charge on any atom is 0.412 e. The number of hydrogen-bond donors (Lipinski definition) is 2. The van der Waals surface area contributed by atoms with Gasteiger partial charge in [0.2, 0.25) is 10.9 Å². The molecule has 0 aromatic carbocycles. The van der Waals surface area contributed by atoms with Crippen LogP contribution in [0.3, 0.4) is 0 Å². The topological polar surface area (TPSA) is 138 Å². The molecule has 2 N–H and O–H groups in total. The van der Waals surface area contributed by atoms with Crippen LogP contribution in [0.25, 0.3) is 0 Å². The summed E-state index contributed by atoms with van der Waals surface area (Å²) < 4.78 is 13.8. The minimum Gasteiger partial charge on any atom is -0.462 e. The molecule has 2 aromatic heterocycles. The quantitative estimate of drug-likeness (QED) is 0.119. The largest absolute Gasteiger partial charge is 0.462 e. The Morgan fingerprint density at radius 3 is 1.61 bits per heavy atom. The Hall–Kier alpha value is -3.89. The molecule has 2 aromatic rings. The van der Waals surface area contributed by atoms with Crippen LogP contribution in [-0.4, -0.2) is 39.3 Å². The molecule has 11 heteroatoms. The third-order valence-electron chi connectivity index (χ3n) is 7.32. The van der Waals surface area contributed by atoms with Crippen molar-refractivity contribution in [2.24, 2.45) is 0 Å². The van der Waals surface area contributed by atoms with E-state index in [2.05, 4.69) is 24.5 Å². The summed E-state index contributed by atoms with van der Waals surface area (Å²) in [5.41, 5.74) is -2.95. The fourth-order valence-electron chi connectivity index (χ4n) is 4.97. The van der Waals surface area contributed by atoms with E-state index in [0.29, 0.717) is 13.1 Å². The van der Waals surface area contributed by atoms with Gasteiger partial charge in [0.15, 0.2) is 0 Å². The summed E-state index contributed by atoms with van der Waals surface area (Å²) in [5, 5.41) is 5.05. The van der Waals surface area contributed by atoms with Crippen molar-refractivity contribution in [2.75, 3.05) is 17.2 Å². The number of carbonyl (C=O) groups is 3. The number of unbranched alkanes of at least 4 members (excludes halogenated alkanes) is 10. The van der Waals surface area contributed by atoms with Crippen LogP contribution in [0.15, 0.2) is 34.4 Å². The highest BCUT2D eigenvalue weighted by molar-refractivity contribution is 6.05. The normalized spacial score (nSPS) is 11.3. The molecular formula is C35H54N4O7. The van der Waals surface area contributed by atoms with E-state index in [4.69, 9.17) is 9.47 Å². The van der Waals surface area contributed by atoms with E-state index in [0.717, 1.165) is 64.2 Å². The number of carbonyl (C=O) groups excluding carboxylic acids is 3. The number of ether oxygens (including phenoxy) is 2. The number of hydrogen-bond acceptors (Lipinski definition) is 7. The summed E-state index contributed by atoms with van der Waals surface area (Å²) in [6.45, 7) is 12.2. The Morgan fingerprint density at radius 2 is 1.11 bits per heavy atom. The number of aromatic nitrogens is 2. The van der Waals surface area contributed by atoms with Gasteiger partial charge in [0.05, 0.1) is 6.61 Å². The van der Waals surface area contributed by atoms with Crippen molar-refractivity contribution in [3.05, 3.63) is 56.4 Å². The van der Waals surface area contributed by atoms with E-state index < -0.39 is 34.4 Å². The van der Waals surface area contributed by atoms with Crippen molar-refractivity contribution in [3.63, 3.8) is 0 Å². The van der Waals surface area contributed by atoms with E-state index in [9.17, 15) is 24.0 Å². The fraction of sp³-hybridized carbons (Fsp3) is 0.629. The second-order valence-corrected chi connectivity index (χ2v) is 12.6. The van der Waals surface area contributed by atoms with Gasteiger partial charge in [0, 0.05) is 37.9 Å². The lowest BCUT2D eigenvalue weighted by molar-refractivity contribution is 0.0522. The Labute approximate surface area is 273 Å². The van der Waals surface area contributed by atoms with Crippen LogP contribution < -0.4 is 21.5 Å². The van der Waals surface area contributed by atoms with Gasteiger partial charge in [0.25, 0.3) is 5.91 Å². The first kappa shape index (κ1) is 38.3. The Balaban J connectivity index is 2.40. The first-order chi connectivity index (χ1) is 21.9. The molecule has 0 atom stereocenters. The molecule has 46 heavy (non-hydrogen) atoms. The van der Waals surface area contributed by atoms with Gasteiger partial charge in [-0.15, -0.1) is 0 Å². The zero-order valence-corrected chi connectivity index (χ0v) is 28.7. The van der Waals surface area contributed by atoms with E-state index in [1.807, 2.05) is 0 Å². The predicted molar refractivity (Wildman–Crippen MR) is 182 cm³/mol. The number of amides is 2. The van der Waals surface area contributed by atoms with Crippen LogP contribution in [0.2, 0.25) is 0 Å². The fourth-order valence-corrected chi connectivity index (χ4v) is 4.97. The molecule has 0 aliphatic carbocycles. The van der Waals surface area contributed by atoms with Crippen molar-refractivity contribution in [1.82, 2.24) is 9.13 Å². The predicted octanol–water partition coefficient (Wildman–Crippen LogP) is 7.51. The van der Waals surface area contributed by atoms with Crippen LogP contribution in [0.4, 0.5) is 16.2 Å². The number of nitrogens with one attached hydrogen (secondary N) is 2. The lowest BCUT2D eigenvalue weighted by atomic mass is 10.1. The maximum absolute atomic E-state index is 13.6. The average molecular weight is 643 g/mol. The highest BCUT2D eigenvalue weighted by atomic mass is 16.6. The van der Waals surface area contributed by atoms with Crippen molar-refractivity contribution < 1.29 is 23.9 Å². The summed E-state index contributed by atoms with van der Waals surface area (Å²) in [6.07, 6.45) is 17.7. The Kier molecular flexibility index (Phi) is 16.3. The molecule has 2 rings (SSSR count). The first-order valence-electron chi connectivity index (χ1n) is 16.9. The van der Waals surface area contributed by atoms with Crippen molar-refractivity contribution in [3.8, 4) is 0 Å². The molecule has 0 saturated carbocycles. The third-order valence-corrected chi connectivity index (χ3v) is 7.32. The molecule has 0 bridgehead atoms. The molecule has 11 nitrogen and oxygen atoms in total. The molecule has 0 radical (unpaired) electrons. The summed E-state index contributed by atoms with van der Waals surface area (Å²) in [7, 11) is 0. The van der Waals surface area contributed by atoms with Crippen molar-refractivity contribution in [1.29, 1.82) is 0 Å². The monoisotopic (exact) mass is 642 g/mol. The summed E-state index contributed by atoms with van der Waals surface area (Å²) in [6, 6.07) is 0. The summed E-state index contributed by atoms with van der Waals surface area (Å²) in [4.78, 5) is 65.6. The third kappa shape index (κ3) is 13.2. The highest BCUT2D eigenvalue weighted by Crippen LogP contribution is 2.14. The number of aryl methyl sites for hydroxylation is 2. The van der Waals surface area contributed by atoms with Gasteiger partial charge in [-0.1, -0.05) is 78.1 Å². The van der Waals surface area contributed by atoms with Gasteiger partial charge in [-0.2, -0.15) is 0 Å². The lowest BCUT2D eigenvalue weighted by Gasteiger charge is -2.20. The molecule has 0 unspecified atom stereocenters. The van der Waals surface area contributed by atoms with Gasteiger partial charge in [0.1, 0.15) is 28.1 Å². The molecule has 256 valence electrons.